The molecule has 0 saturated carbocycles. The topological polar surface area (TPSA) is 30.5 Å². The standard InChI is InChI=1S/C19H22BrNO2/c1-13(2)19(21-12-14-4-3-5-16(20)10-14)15-6-7-17-18(11-15)23-9-8-22-17/h3-7,10-11,13,19,21H,8-9,12H2,1-2H3. The number of hydrogen-bond acceptors (Lipinski definition) is 3. The summed E-state index contributed by atoms with van der Waals surface area (Å²) in [5, 5.41) is 3.67. The third kappa shape index (κ3) is 4.06. The van der Waals surface area contributed by atoms with Gasteiger partial charge in [0.2, 0.25) is 0 Å². The molecule has 0 aromatic heterocycles. The second-order valence-electron chi connectivity index (χ2n) is 6.14. The Balaban J connectivity index is 1.76. The Morgan fingerprint density at radius 1 is 1.04 bits per heavy atom. The largest absolute Gasteiger partial charge is 0.486 e. The zero-order valence-corrected chi connectivity index (χ0v) is 15.1. The average molecular weight is 376 g/mol. The van der Waals surface area contributed by atoms with E-state index in [-0.39, 0.29) is 6.04 Å². The van der Waals surface area contributed by atoms with E-state index in [4.69, 9.17) is 9.47 Å². The van der Waals surface area contributed by atoms with Crippen molar-refractivity contribution in [2.75, 3.05) is 13.2 Å². The average Bonchev–Trinajstić information content (AvgIpc) is 2.55. The maximum Gasteiger partial charge on any atom is 0.161 e. The first kappa shape index (κ1) is 16.3. The molecule has 4 heteroatoms. The Morgan fingerprint density at radius 2 is 1.83 bits per heavy atom. The van der Waals surface area contributed by atoms with Crippen molar-refractivity contribution in [1.29, 1.82) is 0 Å². The molecule has 0 aliphatic carbocycles. The van der Waals surface area contributed by atoms with Crippen LogP contribution in [0.2, 0.25) is 0 Å². The van der Waals surface area contributed by atoms with Gasteiger partial charge in [-0.3, -0.25) is 0 Å². The first-order chi connectivity index (χ1) is 11.1. The predicted molar refractivity (Wildman–Crippen MR) is 96.0 cm³/mol. The molecule has 3 rings (SSSR count). The summed E-state index contributed by atoms with van der Waals surface area (Å²) in [5.74, 6) is 2.17. The van der Waals surface area contributed by atoms with E-state index in [0.29, 0.717) is 19.1 Å². The van der Waals surface area contributed by atoms with E-state index in [0.717, 1.165) is 22.5 Å². The van der Waals surface area contributed by atoms with Gasteiger partial charge in [0.15, 0.2) is 11.5 Å². The van der Waals surface area contributed by atoms with Crippen LogP contribution < -0.4 is 14.8 Å². The van der Waals surface area contributed by atoms with Crippen LogP contribution in [0.3, 0.4) is 0 Å². The molecule has 2 aromatic rings. The minimum atomic E-state index is 0.268. The minimum absolute atomic E-state index is 0.268. The quantitative estimate of drug-likeness (QED) is 0.820. The van der Waals surface area contributed by atoms with Gasteiger partial charge in [-0.25, -0.2) is 0 Å². The molecule has 1 unspecified atom stereocenters. The van der Waals surface area contributed by atoms with Crippen molar-refractivity contribution in [3.8, 4) is 11.5 Å². The lowest BCUT2D eigenvalue weighted by Gasteiger charge is -2.25. The monoisotopic (exact) mass is 375 g/mol. The van der Waals surface area contributed by atoms with Crippen LogP contribution in [-0.4, -0.2) is 13.2 Å². The van der Waals surface area contributed by atoms with Crippen LogP contribution in [0.15, 0.2) is 46.9 Å². The molecule has 0 radical (unpaired) electrons. The molecule has 1 heterocycles. The molecule has 1 aliphatic heterocycles. The van der Waals surface area contributed by atoms with Crippen LogP contribution in [0.1, 0.15) is 31.0 Å². The number of ether oxygens (including phenoxy) is 2. The molecule has 3 nitrogen and oxygen atoms in total. The van der Waals surface area contributed by atoms with Crippen LogP contribution in [0.4, 0.5) is 0 Å². The van der Waals surface area contributed by atoms with Crippen molar-refractivity contribution < 1.29 is 9.47 Å². The van der Waals surface area contributed by atoms with Crippen molar-refractivity contribution in [3.05, 3.63) is 58.1 Å². The predicted octanol–water partition coefficient (Wildman–Crippen LogP) is 4.71. The third-order valence-corrected chi connectivity index (χ3v) is 4.50. The SMILES string of the molecule is CC(C)C(NCc1cccc(Br)c1)c1ccc2c(c1)OCCO2. The summed E-state index contributed by atoms with van der Waals surface area (Å²) in [5.41, 5.74) is 2.50. The van der Waals surface area contributed by atoms with Gasteiger partial charge in [-0.1, -0.05) is 48.0 Å². The second kappa shape index (κ2) is 7.37. The van der Waals surface area contributed by atoms with Gasteiger partial charge in [-0.15, -0.1) is 0 Å². The highest BCUT2D eigenvalue weighted by atomic mass is 79.9. The van der Waals surface area contributed by atoms with Gasteiger partial charge in [0.25, 0.3) is 0 Å². The molecule has 122 valence electrons. The van der Waals surface area contributed by atoms with Crippen LogP contribution in [0, 0.1) is 5.92 Å². The number of fused-ring (bicyclic) bond motifs is 1. The molecule has 1 atom stereocenters. The molecule has 0 fully saturated rings. The lowest BCUT2D eigenvalue weighted by molar-refractivity contribution is 0.171. The molecule has 2 aromatic carbocycles. The fourth-order valence-corrected chi connectivity index (χ4v) is 3.31. The highest BCUT2D eigenvalue weighted by molar-refractivity contribution is 9.10. The minimum Gasteiger partial charge on any atom is -0.486 e. The van der Waals surface area contributed by atoms with Crippen LogP contribution >= 0.6 is 15.9 Å². The second-order valence-corrected chi connectivity index (χ2v) is 7.05. The Morgan fingerprint density at radius 3 is 2.57 bits per heavy atom. The summed E-state index contributed by atoms with van der Waals surface area (Å²) in [6, 6.07) is 14.9. The van der Waals surface area contributed by atoms with Gasteiger partial charge in [-0.05, 0) is 41.3 Å². The molecular weight excluding hydrogens is 354 g/mol. The molecule has 0 bridgehead atoms. The molecular formula is C19H22BrNO2. The molecule has 23 heavy (non-hydrogen) atoms. The van der Waals surface area contributed by atoms with Gasteiger partial charge < -0.3 is 14.8 Å². The Bertz CT molecular complexity index is 672. The third-order valence-electron chi connectivity index (χ3n) is 4.01. The molecule has 1 N–H and O–H groups in total. The summed E-state index contributed by atoms with van der Waals surface area (Å²) in [4.78, 5) is 0. The van der Waals surface area contributed by atoms with Crippen molar-refractivity contribution in [3.63, 3.8) is 0 Å². The zero-order valence-electron chi connectivity index (χ0n) is 13.5. The highest BCUT2D eigenvalue weighted by Gasteiger charge is 2.19. The van der Waals surface area contributed by atoms with Gasteiger partial charge in [0, 0.05) is 17.1 Å². The van der Waals surface area contributed by atoms with E-state index in [2.05, 4.69) is 65.4 Å². The Hall–Kier alpha value is -1.52. The normalized spacial score (nSPS) is 14.8. The Labute approximate surface area is 146 Å². The number of benzene rings is 2. The van der Waals surface area contributed by atoms with Crippen molar-refractivity contribution in [1.82, 2.24) is 5.32 Å². The van der Waals surface area contributed by atoms with Crippen LogP contribution in [0.5, 0.6) is 11.5 Å². The maximum atomic E-state index is 5.71. The van der Waals surface area contributed by atoms with Gasteiger partial charge >= 0.3 is 0 Å². The number of halogens is 1. The van der Waals surface area contributed by atoms with Crippen molar-refractivity contribution >= 4 is 15.9 Å². The lowest BCUT2D eigenvalue weighted by atomic mass is 9.95. The van der Waals surface area contributed by atoms with E-state index < -0.39 is 0 Å². The highest BCUT2D eigenvalue weighted by Crippen LogP contribution is 2.34. The molecule has 0 amide bonds. The summed E-state index contributed by atoms with van der Waals surface area (Å²) in [6.45, 7) is 6.54. The number of nitrogens with one attached hydrogen (secondary N) is 1. The van der Waals surface area contributed by atoms with Gasteiger partial charge in [0.1, 0.15) is 13.2 Å². The zero-order chi connectivity index (χ0) is 16.2. The molecule has 1 aliphatic rings. The van der Waals surface area contributed by atoms with Gasteiger partial charge in [-0.2, -0.15) is 0 Å². The fourth-order valence-electron chi connectivity index (χ4n) is 2.87. The smallest absolute Gasteiger partial charge is 0.161 e. The molecule has 0 spiro atoms. The van der Waals surface area contributed by atoms with E-state index in [9.17, 15) is 0 Å². The van der Waals surface area contributed by atoms with E-state index >= 15 is 0 Å². The molecule has 0 saturated heterocycles. The lowest BCUT2D eigenvalue weighted by Crippen LogP contribution is -2.25. The number of hydrogen-bond donors (Lipinski definition) is 1. The van der Waals surface area contributed by atoms with Crippen LogP contribution in [-0.2, 0) is 6.54 Å². The first-order valence-electron chi connectivity index (χ1n) is 8.01. The number of rotatable bonds is 5. The fraction of sp³-hybridized carbons (Fsp3) is 0.368. The summed E-state index contributed by atoms with van der Waals surface area (Å²) < 4.78 is 12.4. The van der Waals surface area contributed by atoms with E-state index in [1.807, 2.05) is 12.1 Å². The van der Waals surface area contributed by atoms with E-state index in [1.165, 1.54) is 11.1 Å². The summed E-state index contributed by atoms with van der Waals surface area (Å²) in [6.07, 6.45) is 0. The van der Waals surface area contributed by atoms with E-state index in [1.54, 1.807) is 0 Å². The van der Waals surface area contributed by atoms with Crippen molar-refractivity contribution in [2.45, 2.75) is 26.4 Å². The van der Waals surface area contributed by atoms with Gasteiger partial charge in [0.05, 0.1) is 0 Å². The van der Waals surface area contributed by atoms with Crippen LogP contribution in [0.25, 0.3) is 0 Å². The summed E-state index contributed by atoms with van der Waals surface area (Å²) in [7, 11) is 0. The maximum absolute atomic E-state index is 5.71. The van der Waals surface area contributed by atoms with Crippen molar-refractivity contribution in [2.24, 2.45) is 5.92 Å². The summed E-state index contributed by atoms with van der Waals surface area (Å²) >= 11 is 3.53. The Kier molecular flexibility index (Phi) is 5.23. The first-order valence-corrected chi connectivity index (χ1v) is 8.80.